The molecule has 1 unspecified atom stereocenters. The van der Waals surface area contributed by atoms with E-state index in [2.05, 4.69) is 45.0 Å². The molecule has 1 aromatic carbocycles. The van der Waals surface area contributed by atoms with Crippen LogP contribution in [0.4, 0.5) is 0 Å². The Hall–Kier alpha value is -0.860. The number of rotatable bonds is 5. The van der Waals surface area contributed by atoms with Crippen molar-refractivity contribution in [3.05, 3.63) is 35.4 Å². The molecule has 0 bridgehead atoms. The molecule has 1 fully saturated rings. The predicted octanol–water partition coefficient (Wildman–Crippen LogP) is 4.48. The van der Waals surface area contributed by atoms with E-state index in [0.717, 1.165) is 25.2 Å². The summed E-state index contributed by atoms with van der Waals surface area (Å²) >= 11 is 0. The minimum atomic E-state index is -0.178. The summed E-state index contributed by atoms with van der Waals surface area (Å²) in [5.41, 5.74) is 9.07. The lowest BCUT2D eigenvalue weighted by atomic mass is 9.73. The Morgan fingerprint density at radius 1 is 1.29 bits per heavy atom. The smallest absolute Gasteiger partial charge is 0.0870 e. The van der Waals surface area contributed by atoms with Crippen molar-refractivity contribution in [3.8, 4) is 0 Å². The third-order valence-electron chi connectivity index (χ3n) is 5.05. The number of hydrogen-bond acceptors (Lipinski definition) is 2. The number of methoxy groups -OCH3 is 1. The molecule has 118 valence electrons. The Morgan fingerprint density at radius 3 is 2.52 bits per heavy atom. The minimum Gasteiger partial charge on any atom is -0.376 e. The number of hydrogen-bond donors (Lipinski definition) is 1. The van der Waals surface area contributed by atoms with Gasteiger partial charge in [0.05, 0.1) is 11.6 Å². The summed E-state index contributed by atoms with van der Waals surface area (Å²) in [4.78, 5) is 0. The van der Waals surface area contributed by atoms with Crippen LogP contribution in [-0.4, -0.2) is 12.7 Å². The number of ether oxygens (including phenoxy) is 1. The molecule has 2 heteroatoms. The van der Waals surface area contributed by atoms with E-state index >= 15 is 0 Å². The van der Waals surface area contributed by atoms with E-state index in [4.69, 9.17) is 10.5 Å². The van der Waals surface area contributed by atoms with Crippen LogP contribution in [0.5, 0.6) is 0 Å². The zero-order valence-corrected chi connectivity index (χ0v) is 14.1. The largest absolute Gasteiger partial charge is 0.376 e. The maximum atomic E-state index is 6.64. The normalized spacial score (nSPS) is 27.8. The van der Waals surface area contributed by atoms with Crippen molar-refractivity contribution in [2.75, 3.05) is 7.11 Å². The summed E-state index contributed by atoms with van der Waals surface area (Å²) in [5, 5.41) is 0. The van der Waals surface area contributed by atoms with Crippen LogP contribution in [0.25, 0.3) is 0 Å². The summed E-state index contributed by atoms with van der Waals surface area (Å²) in [6, 6.07) is 8.76. The van der Waals surface area contributed by atoms with Crippen LogP contribution in [0.15, 0.2) is 24.3 Å². The van der Waals surface area contributed by atoms with E-state index < -0.39 is 0 Å². The standard InChI is InChI=1S/C19H31NO/c1-14(2)12-16-6-5-7-17(13-16)18(20)19(21-4)10-8-15(3)9-11-19/h5-7,13-15,18H,8-12,20H2,1-4H3. The van der Waals surface area contributed by atoms with E-state index in [0.29, 0.717) is 5.92 Å². The van der Waals surface area contributed by atoms with Gasteiger partial charge in [-0.2, -0.15) is 0 Å². The first-order chi connectivity index (χ1) is 9.97. The molecule has 1 atom stereocenters. The first kappa shape index (κ1) is 16.5. The van der Waals surface area contributed by atoms with Crippen molar-refractivity contribution in [2.45, 2.75) is 64.5 Å². The highest BCUT2D eigenvalue weighted by Crippen LogP contribution is 2.41. The maximum absolute atomic E-state index is 6.64. The van der Waals surface area contributed by atoms with Crippen LogP contribution < -0.4 is 5.73 Å². The molecule has 1 aromatic rings. The van der Waals surface area contributed by atoms with Gasteiger partial charge in [0.1, 0.15) is 0 Å². The highest BCUT2D eigenvalue weighted by atomic mass is 16.5. The molecule has 0 saturated heterocycles. The zero-order valence-electron chi connectivity index (χ0n) is 14.1. The fraction of sp³-hybridized carbons (Fsp3) is 0.684. The van der Waals surface area contributed by atoms with Crippen LogP contribution in [0.2, 0.25) is 0 Å². The Labute approximate surface area is 130 Å². The van der Waals surface area contributed by atoms with E-state index in [-0.39, 0.29) is 11.6 Å². The van der Waals surface area contributed by atoms with Gasteiger partial charge in [0.25, 0.3) is 0 Å². The molecule has 1 saturated carbocycles. The summed E-state index contributed by atoms with van der Waals surface area (Å²) in [7, 11) is 1.83. The fourth-order valence-electron chi connectivity index (χ4n) is 3.58. The molecule has 0 aromatic heterocycles. The molecule has 1 aliphatic carbocycles. The molecule has 0 heterocycles. The average molecular weight is 289 g/mol. The Morgan fingerprint density at radius 2 is 1.95 bits per heavy atom. The van der Waals surface area contributed by atoms with Gasteiger partial charge in [0.2, 0.25) is 0 Å². The van der Waals surface area contributed by atoms with Gasteiger partial charge >= 0.3 is 0 Å². The lowest BCUT2D eigenvalue weighted by Crippen LogP contribution is -2.45. The second kappa shape index (κ2) is 6.93. The lowest BCUT2D eigenvalue weighted by molar-refractivity contribution is -0.0672. The second-order valence-electron chi connectivity index (χ2n) is 7.27. The van der Waals surface area contributed by atoms with Crippen LogP contribution in [0, 0.1) is 11.8 Å². The monoisotopic (exact) mass is 289 g/mol. The molecule has 0 radical (unpaired) electrons. The van der Waals surface area contributed by atoms with Crippen molar-refractivity contribution in [1.29, 1.82) is 0 Å². The van der Waals surface area contributed by atoms with Crippen molar-refractivity contribution in [1.82, 2.24) is 0 Å². The molecule has 2 N–H and O–H groups in total. The summed E-state index contributed by atoms with van der Waals surface area (Å²) in [5.74, 6) is 1.47. The Bertz CT molecular complexity index is 447. The first-order valence-electron chi connectivity index (χ1n) is 8.36. The SMILES string of the molecule is COC1(C(N)c2cccc(CC(C)C)c2)CCC(C)CC1. The molecule has 0 spiro atoms. The van der Waals surface area contributed by atoms with Gasteiger partial charge in [-0.3, -0.25) is 0 Å². The molecule has 0 aliphatic heterocycles. The third kappa shape index (κ3) is 3.87. The van der Waals surface area contributed by atoms with Gasteiger partial charge in [-0.25, -0.2) is 0 Å². The summed E-state index contributed by atoms with van der Waals surface area (Å²) < 4.78 is 5.94. The molecule has 0 amide bonds. The molecular formula is C19H31NO. The molecule has 2 rings (SSSR count). The zero-order chi connectivity index (χ0) is 15.5. The molecule has 2 nitrogen and oxygen atoms in total. The molecule has 1 aliphatic rings. The lowest BCUT2D eigenvalue weighted by Gasteiger charge is -2.42. The molecule has 21 heavy (non-hydrogen) atoms. The second-order valence-corrected chi connectivity index (χ2v) is 7.27. The number of benzene rings is 1. The van der Waals surface area contributed by atoms with Gasteiger partial charge in [0, 0.05) is 7.11 Å². The van der Waals surface area contributed by atoms with Crippen molar-refractivity contribution in [3.63, 3.8) is 0 Å². The summed E-state index contributed by atoms with van der Waals surface area (Å²) in [6.45, 7) is 6.84. The van der Waals surface area contributed by atoms with Crippen LogP contribution in [0.1, 0.15) is 63.6 Å². The van der Waals surface area contributed by atoms with Crippen LogP contribution in [-0.2, 0) is 11.2 Å². The van der Waals surface area contributed by atoms with Crippen molar-refractivity contribution in [2.24, 2.45) is 17.6 Å². The molecular weight excluding hydrogens is 258 g/mol. The quantitative estimate of drug-likeness (QED) is 0.867. The Balaban J connectivity index is 2.19. The van der Waals surface area contributed by atoms with Gasteiger partial charge in [0.15, 0.2) is 0 Å². The Kier molecular flexibility index (Phi) is 5.45. The van der Waals surface area contributed by atoms with E-state index in [1.165, 1.54) is 24.0 Å². The predicted molar refractivity (Wildman–Crippen MR) is 89.3 cm³/mol. The van der Waals surface area contributed by atoms with E-state index in [1.807, 2.05) is 7.11 Å². The van der Waals surface area contributed by atoms with Gasteiger partial charge in [-0.05, 0) is 55.1 Å². The van der Waals surface area contributed by atoms with Crippen molar-refractivity contribution >= 4 is 0 Å². The van der Waals surface area contributed by atoms with Crippen LogP contribution in [0.3, 0.4) is 0 Å². The maximum Gasteiger partial charge on any atom is 0.0870 e. The van der Waals surface area contributed by atoms with Gasteiger partial charge in [-0.1, -0.05) is 45.0 Å². The van der Waals surface area contributed by atoms with Crippen LogP contribution >= 0.6 is 0 Å². The van der Waals surface area contributed by atoms with Gasteiger partial charge < -0.3 is 10.5 Å². The number of nitrogens with two attached hydrogens (primary N) is 1. The average Bonchev–Trinajstić information content (AvgIpc) is 2.47. The third-order valence-corrected chi connectivity index (χ3v) is 5.05. The van der Waals surface area contributed by atoms with E-state index in [1.54, 1.807) is 0 Å². The topological polar surface area (TPSA) is 35.2 Å². The fourth-order valence-corrected chi connectivity index (χ4v) is 3.58. The van der Waals surface area contributed by atoms with E-state index in [9.17, 15) is 0 Å². The van der Waals surface area contributed by atoms with Gasteiger partial charge in [-0.15, -0.1) is 0 Å². The highest BCUT2D eigenvalue weighted by molar-refractivity contribution is 5.28. The van der Waals surface area contributed by atoms with Crippen molar-refractivity contribution < 1.29 is 4.74 Å². The first-order valence-corrected chi connectivity index (χ1v) is 8.36. The highest BCUT2D eigenvalue weighted by Gasteiger charge is 2.40. The summed E-state index contributed by atoms with van der Waals surface area (Å²) in [6.07, 6.45) is 5.68. The minimum absolute atomic E-state index is 0.0258.